The molecule has 1 amide bonds. The first kappa shape index (κ1) is 23.3. The molecule has 28 heavy (non-hydrogen) atoms. The summed E-state index contributed by atoms with van der Waals surface area (Å²) in [5, 5.41) is 6.69. The number of ether oxygens (including phenoxy) is 1. The van der Waals surface area contributed by atoms with Crippen LogP contribution in [0.5, 0.6) is 0 Å². The number of hydrogen-bond donors (Lipinski definition) is 2. The van der Waals surface area contributed by atoms with Crippen LogP contribution in [0.1, 0.15) is 37.7 Å². The normalized spacial score (nSPS) is 26.1. The van der Waals surface area contributed by atoms with E-state index in [0.29, 0.717) is 12.1 Å². The molecule has 3 aliphatic rings. The van der Waals surface area contributed by atoms with Crippen molar-refractivity contribution in [3.8, 4) is 0 Å². The predicted molar refractivity (Wildman–Crippen MR) is 118 cm³/mol. The van der Waals surface area contributed by atoms with Crippen LogP contribution in [-0.4, -0.2) is 50.8 Å². The molecule has 2 N–H and O–H groups in total. The molecular weight excluding hydrogens is 397 g/mol. The first-order valence-electron chi connectivity index (χ1n) is 10.3. The number of fused-ring (bicyclic) bond motifs is 2. The van der Waals surface area contributed by atoms with Crippen molar-refractivity contribution < 1.29 is 9.53 Å². The maximum Gasteiger partial charge on any atom is 0.223 e. The lowest BCUT2D eigenvalue weighted by molar-refractivity contribution is -0.128. The van der Waals surface area contributed by atoms with Gasteiger partial charge in [0.1, 0.15) is 0 Å². The van der Waals surface area contributed by atoms with Gasteiger partial charge in [0.25, 0.3) is 0 Å². The lowest BCUT2D eigenvalue weighted by Crippen LogP contribution is -2.53. The number of anilines is 1. The minimum absolute atomic E-state index is 0. The third-order valence-corrected chi connectivity index (χ3v) is 6.11. The van der Waals surface area contributed by atoms with Crippen LogP contribution < -0.4 is 15.5 Å². The van der Waals surface area contributed by atoms with Crippen molar-refractivity contribution >= 4 is 36.4 Å². The Morgan fingerprint density at radius 3 is 3.00 bits per heavy atom. The Morgan fingerprint density at radius 1 is 1.25 bits per heavy atom. The smallest absolute Gasteiger partial charge is 0.223 e. The van der Waals surface area contributed by atoms with Crippen molar-refractivity contribution in [1.82, 2.24) is 10.6 Å². The van der Waals surface area contributed by atoms with Gasteiger partial charge in [-0.25, -0.2) is 0 Å². The number of hydrogen-bond acceptors (Lipinski definition) is 4. The number of benzene rings is 1. The average Bonchev–Trinajstić information content (AvgIpc) is 2.70. The summed E-state index contributed by atoms with van der Waals surface area (Å²) in [6, 6.07) is 9.08. The number of amides is 1. The maximum absolute atomic E-state index is 12.5. The number of carbonyl (C=O) groups excluding carboxylic acids is 1. The standard InChI is InChI=1S/C21H31N3O2.2ClH/c25-21(17-8-9-20-18(15-17)22-11-14-26-20)23-10-4-13-24-12-3-6-16-5-1-2-7-19(16)24;;/h1-2,5,7,17-18,20,22H,3-4,6,8-15H2,(H,23,25);2*1H/t17-,18+,20+;;/m0../s1. The molecule has 158 valence electrons. The zero-order valence-corrected chi connectivity index (χ0v) is 18.0. The van der Waals surface area contributed by atoms with Crippen LogP contribution in [0.25, 0.3) is 0 Å². The van der Waals surface area contributed by atoms with E-state index in [1.54, 1.807) is 0 Å². The Kier molecular flexibility index (Phi) is 9.35. The van der Waals surface area contributed by atoms with Gasteiger partial charge < -0.3 is 20.3 Å². The van der Waals surface area contributed by atoms with Crippen molar-refractivity contribution in [3.63, 3.8) is 0 Å². The number of carbonyl (C=O) groups is 1. The van der Waals surface area contributed by atoms with Crippen molar-refractivity contribution in [1.29, 1.82) is 0 Å². The summed E-state index contributed by atoms with van der Waals surface area (Å²) in [7, 11) is 0. The molecule has 2 heterocycles. The maximum atomic E-state index is 12.5. The van der Waals surface area contributed by atoms with E-state index < -0.39 is 0 Å². The van der Waals surface area contributed by atoms with E-state index in [4.69, 9.17) is 4.74 Å². The lowest BCUT2D eigenvalue weighted by Gasteiger charge is -2.39. The molecule has 1 aromatic carbocycles. The van der Waals surface area contributed by atoms with Gasteiger partial charge >= 0.3 is 0 Å². The molecule has 2 aliphatic heterocycles. The van der Waals surface area contributed by atoms with Gasteiger partial charge in [-0.05, 0) is 50.2 Å². The van der Waals surface area contributed by atoms with Crippen LogP contribution in [0.2, 0.25) is 0 Å². The fourth-order valence-electron chi connectivity index (χ4n) is 4.72. The number of morpholine rings is 1. The third kappa shape index (κ3) is 5.53. The van der Waals surface area contributed by atoms with E-state index in [2.05, 4.69) is 39.8 Å². The van der Waals surface area contributed by atoms with Crippen LogP contribution in [0, 0.1) is 5.92 Å². The summed E-state index contributed by atoms with van der Waals surface area (Å²) in [5.74, 6) is 0.371. The van der Waals surface area contributed by atoms with Crippen molar-refractivity contribution in [2.75, 3.05) is 37.7 Å². The first-order valence-corrected chi connectivity index (χ1v) is 10.3. The molecule has 0 unspecified atom stereocenters. The van der Waals surface area contributed by atoms with Gasteiger partial charge in [0, 0.05) is 43.8 Å². The number of nitrogens with one attached hydrogen (secondary N) is 2. The molecule has 0 aromatic heterocycles. The molecule has 1 saturated heterocycles. The van der Waals surface area contributed by atoms with Gasteiger partial charge in [-0.15, -0.1) is 24.8 Å². The molecular formula is C21H33Cl2N3O2. The van der Waals surface area contributed by atoms with E-state index >= 15 is 0 Å². The molecule has 1 aromatic rings. The van der Waals surface area contributed by atoms with Crippen molar-refractivity contribution in [3.05, 3.63) is 29.8 Å². The average molecular weight is 430 g/mol. The molecule has 4 rings (SSSR count). The Labute approximate surface area is 180 Å². The summed E-state index contributed by atoms with van der Waals surface area (Å²) >= 11 is 0. The predicted octanol–water partition coefficient (Wildman–Crippen LogP) is 2.95. The zero-order chi connectivity index (χ0) is 17.8. The number of nitrogens with zero attached hydrogens (tertiary/aromatic N) is 1. The molecule has 0 radical (unpaired) electrons. The second kappa shape index (κ2) is 11.2. The van der Waals surface area contributed by atoms with Gasteiger partial charge in [0.05, 0.1) is 12.7 Å². The SMILES string of the molecule is Cl.Cl.O=C(NCCCN1CCCc2ccccc21)[C@H]1CC[C@H]2OCCN[C@@H]2C1. The van der Waals surface area contributed by atoms with Gasteiger partial charge in [0.15, 0.2) is 0 Å². The third-order valence-electron chi connectivity index (χ3n) is 6.11. The summed E-state index contributed by atoms with van der Waals surface area (Å²) in [6.45, 7) is 4.63. The van der Waals surface area contributed by atoms with Crippen LogP contribution in [0.3, 0.4) is 0 Å². The van der Waals surface area contributed by atoms with E-state index in [0.717, 1.165) is 58.5 Å². The first-order chi connectivity index (χ1) is 12.8. The highest BCUT2D eigenvalue weighted by Crippen LogP contribution is 2.29. The van der Waals surface area contributed by atoms with E-state index in [-0.39, 0.29) is 36.6 Å². The van der Waals surface area contributed by atoms with Crippen molar-refractivity contribution in [2.24, 2.45) is 5.92 Å². The molecule has 1 aliphatic carbocycles. The second-order valence-electron chi connectivity index (χ2n) is 7.84. The largest absolute Gasteiger partial charge is 0.375 e. The highest BCUT2D eigenvalue weighted by atomic mass is 35.5. The summed E-state index contributed by atoms with van der Waals surface area (Å²) in [4.78, 5) is 15.0. The van der Waals surface area contributed by atoms with Gasteiger partial charge in [-0.3, -0.25) is 4.79 Å². The fourth-order valence-corrected chi connectivity index (χ4v) is 4.72. The highest BCUT2D eigenvalue weighted by molar-refractivity contribution is 5.85. The minimum Gasteiger partial charge on any atom is -0.375 e. The molecule has 5 nitrogen and oxygen atoms in total. The van der Waals surface area contributed by atoms with Gasteiger partial charge in [-0.2, -0.15) is 0 Å². The number of halogens is 2. The molecule has 2 fully saturated rings. The van der Waals surface area contributed by atoms with Crippen LogP contribution in [-0.2, 0) is 16.0 Å². The van der Waals surface area contributed by atoms with Gasteiger partial charge in [-0.1, -0.05) is 18.2 Å². The van der Waals surface area contributed by atoms with E-state index in [9.17, 15) is 4.79 Å². The Balaban J connectivity index is 0.00000140. The second-order valence-corrected chi connectivity index (χ2v) is 7.84. The quantitative estimate of drug-likeness (QED) is 0.706. The van der Waals surface area contributed by atoms with Crippen LogP contribution in [0.4, 0.5) is 5.69 Å². The number of para-hydroxylation sites is 1. The van der Waals surface area contributed by atoms with Gasteiger partial charge in [0.2, 0.25) is 5.91 Å². The Bertz CT molecular complexity index is 631. The minimum atomic E-state index is 0. The van der Waals surface area contributed by atoms with Crippen LogP contribution >= 0.6 is 24.8 Å². The highest BCUT2D eigenvalue weighted by Gasteiger charge is 2.35. The summed E-state index contributed by atoms with van der Waals surface area (Å²) in [6.07, 6.45) is 6.59. The number of rotatable bonds is 5. The molecule has 0 bridgehead atoms. The Morgan fingerprint density at radius 2 is 2.11 bits per heavy atom. The summed E-state index contributed by atoms with van der Waals surface area (Å²) in [5.41, 5.74) is 2.84. The summed E-state index contributed by atoms with van der Waals surface area (Å²) < 4.78 is 5.80. The topological polar surface area (TPSA) is 53.6 Å². The fraction of sp³-hybridized carbons (Fsp3) is 0.667. The Hall–Kier alpha value is -1.01. The van der Waals surface area contributed by atoms with E-state index in [1.165, 1.54) is 24.1 Å². The molecule has 1 saturated carbocycles. The van der Waals surface area contributed by atoms with Crippen molar-refractivity contribution in [2.45, 2.75) is 50.7 Å². The number of aryl methyl sites for hydroxylation is 1. The monoisotopic (exact) mass is 429 g/mol. The molecule has 3 atom stereocenters. The zero-order valence-electron chi connectivity index (χ0n) is 16.4. The lowest BCUT2D eigenvalue weighted by atomic mass is 9.82. The molecule has 0 spiro atoms. The van der Waals surface area contributed by atoms with E-state index in [1.807, 2.05) is 0 Å². The van der Waals surface area contributed by atoms with Crippen LogP contribution in [0.15, 0.2) is 24.3 Å². The molecule has 7 heteroatoms.